The molecule has 0 unspecified atom stereocenters. The number of carbonyl (C=O) groups is 1. The first kappa shape index (κ1) is 19.6. The van der Waals surface area contributed by atoms with E-state index in [2.05, 4.69) is 20.5 Å². The van der Waals surface area contributed by atoms with Crippen molar-refractivity contribution in [3.63, 3.8) is 0 Å². The van der Waals surface area contributed by atoms with Gasteiger partial charge in [0.15, 0.2) is 28.4 Å². The summed E-state index contributed by atoms with van der Waals surface area (Å²) in [5, 5.41) is 5.28. The monoisotopic (exact) mass is 422 g/mol. The van der Waals surface area contributed by atoms with E-state index in [1.807, 2.05) is 36.4 Å². The molecule has 0 aliphatic heterocycles. The summed E-state index contributed by atoms with van der Waals surface area (Å²) in [4.78, 5) is 19.6. The van der Waals surface area contributed by atoms with Crippen molar-refractivity contribution in [1.29, 1.82) is 0 Å². The molecule has 8 nitrogen and oxygen atoms in total. The summed E-state index contributed by atoms with van der Waals surface area (Å²) in [6, 6.07) is 18.5. The van der Waals surface area contributed by atoms with Crippen LogP contribution in [0.25, 0.3) is 11.0 Å². The van der Waals surface area contributed by atoms with Crippen molar-refractivity contribution < 1.29 is 18.7 Å². The third-order valence-corrected chi connectivity index (χ3v) is 4.78. The average Bonchev–Trinajstić information content (AvgIpc) is 3.38. The third-order valence-electron chi connectivity index (χ3n) is 3.98. The van der Waals surface area contributed by atoms with Gasteiger partial charge < -0.3 is 18.9 Å². The molecule has 0 aliphatic carbocycles. The standard InChI is InChI=1S/C21H18N4O4S/c1-27-17-8-4-5-9-18(17)28-13-19(26)25-22-12-14-10-11-20(29-14)30-21-23-15-6-2-3-7-16(15)24-21/h2-12H,13H2,1H3,(H,23,24)(H,25,26). The lowest BCUT2D eigenvalue weighted by molar-refractivity contribution is -0.123. The van der Waals surface area contributed by atoms with E-state index in [0.29, 0.717) is 22.4 Å². The van der Waals surface area contributed by atoms with E-state index < -0.39 is 5.91 Å². The molecule has 2 aromatic carbocycles. The number of nitrogens with zero attached hydrogens (tertiary/aromatic N) is 2. The summed E-state index contributed by atoms with van der Waals surface area (Å²) >= 11 is 1.37. The fourth-order valence-electron chi connectivity index (χ4n) is 2.61. The number of nitrogens with one attached hydrogen (secondary N) is 2. The van der Waals surface area contributed by atoms with Crippen LogP contribution in [0.4, 0.5) is 0 Å². The minimum Gasteiger partial charge on any atom is -0.493 e. The van der Waals surface area contributed by atoms with Gasteiger partial charge in [-0.15, -0.1) is 0 Å². The lowest BCUT2D eigenvalue weighted by Gasteiger charge is -2.08. The van der Waals surface area contributed by atoms with Gasteiger partial charge in [-0.3, -0.25) is 4.79 Å². The van der Waals surface area contributed by atoms with E-state index in [1.165, 1.54) is 25.1 Å². The van der Waals surface area contributed by atoms with Gasteiger partial charge in [-0.1, -0.05) is 24.3 Å². The maximum Gasteiger partial charge on any atom is 0.277 e. The molecule has 4 aromatic rings. The first-order valence-electron chi connectivity index (χ1n) is 9.01. The van der Waals surface area contributed by atoms with Crippen LogP contribution in [-0.2, 0) is 4.79 Å². The number of aromatic amines is 1. The van der Waals surface area contributed by atoms with E-state index >= 15 is 0 Å². The minimum atomic E-state index is -0.402. The topological polar surface area (TPSA) is 102 Å². The average molecular weight is 422 g/mol. The molecular formula is C21H18N4O4S. The highest BCUT2D eigenvalue weighted by Gasteiger charge is 2.08. The van der Waals surface area contributed by atoms with Crippen LogP contribution >= 0.6 is 11.8 Å². The second kappa shape index (κ2) is 9.19. The Balaban J connectivity index is 1.28. The molecule has 0 saturated heterocycles. The van der Waals surface area contributed by atoms with Gasteiger partial charge in [-0.25, -0.2) is 10.4 Å². The van der Waals surface area contributed by atoms with Gasteiger partial charge in [0.05, 0.1) is 24.4 Å². The molecule has 0 aliphatic rings. The highest BCUT2D eigenvalue weighted by atomic mass is 32.2. The fraction of sp³-hybridized carbons (Fsp3) is 0.0952. The second-order valence-corrected chi connectivity index (χ2v) is 7.04. The van der Waals surface area contributed by atoms with E-state index in [0.717, 1.165) is 16.2 Å². The number of benzene rings is 2. The van der Waals surface area contributed by atoms with Gasteiger partial charge in [0.25, 0.3) is 5.91 Å². The Morgan fingerprint density at radius 2 is 1.97 bits per heavy atom. The van der Waals surface area contributed by atoms with Crippen molar-refractivity contribution in [1.82, 2.24) is 15.4 Å². The summed E-state index contributed by atoms with van der Waals surface area (Å²) in [5.41, 5.74) is 4.25. The van der Waals surface area contributed by atoms with Gasteiger partial charge in [-0.05, 0) is 48.2 Å². The van der Waals surface area contributed by atoms with Crippen molar-refractivity contribution in [2.45, 2.75) is 10.2 Å². The number of hydrazone groups is 1. The van der Waals surface area contributed by atoms with Gasteiger partial charge >= 0.3 is 0 Å². The third kappa shape index (κ3) is 4.81. The van der Waals surface area contributed by atoms with E-state index in [4.69, 9.17) is 13.9 Å². The number of imidazole rings is 1. The van der Waals surface area contributed by atoms with Crippen LogP contribution in [-0.4, -0.2) is 35.8 Å². The van der Waals surface area contributed by atoms with Crippen molar-refractivity contribution in [2.75, 3.05) is 13.7 Å². The van der Waals surface area contributed by atoms with E-state index in [-0.39, 0.29) is 6.61 Å². The molecule has 0 bridgehead atoms. The van der Waals surface area contributed by atoms with Crippen LogP contribution in [0.1, 0.15) is 5.76 Å². The van der Waals surface area contributed by atoms with Crippen LogP contribution in [0.15, 0.2) is 80.4 Å². The zero-order valence-electron chi connectivity index (χ0n) is 16.0. The van der Waals surface area contributed by atoms with Crippen molar-refractivity contribution in [2.24, 2.45) is 5.10 Å². The molecule has 0 radical (unpaired) electrons. The Hall–Kier alpha value is -3.72. The Morgan fingerprint density at radius 1 is 1.17 bits per heavy atom. The van der Waals surface area contributed by atoms with E-state index in [1.54, 1.807) is 24.3 Å². The Kier molecular flexibility index (Phi) is 6.00. The molecule has 1 amide bonds. The minimum absolute atomic E-state index is 0.191. The quantitative estimate of drug-likeness (QED) is 0.330. The molecule has 2 N–H and O–H groups in total. The number of para-hydroxylation sites is 4. The zero-order chi connectivity index (χ0) is 20.8. The molecule has 0 fully saturated rings. The van der Waals surface area contributed by atoms with Gasteiger partial charge in [0.1, 0.15) is 5.76 Å². The first-order chi connectivity index (χ1) is 14.7. The number of hydrogen-bond donors (Lipinski definition) is 2. The van der Waals surface area contributed by atoms with Crippen LogP contribution in [0.3, 0.4) is 0 Å². The molecule has 2 aromatic heterocycles. The number of methoxy groups -OCH3 is 1. The number of rotatable bonds is 8. The van der Waals surface area contributed by atoms with E-state index in [9.17, 15) is 4.79 Å². The van der Waals surface area contributed by atoms with Gasteiger partial charge in [0, 0.05) is 0 Å². The highest BCUT2D eigenvalue weighted by Crippen LogP contribution is 2.28. The molecule has 0 saturated carbocycles. The molecule has 152 valence electrons. The van der Waals surface area contributed by atoms with Gasteiger partial charge in [0.2, 0.25) is 0 Å². The zero-order valence-corrected chi connectivity index (χ0v) is 16.8. The number of carbonyl (C=O) groups excluding carboxylic acids is 1. The number of aromatic nitrogens is 2. The summed E-state index contributed by atoms with van der Waals surface area (Å²) in [6.07, 6.45) is 1.42. The molecule has 4 rings (SSSR count). The van der Waals surface area contributed by atoms with Crippen LogP contribution < -0.4 is 14.9 Å². The van der Waals surface area contributed by atoms with Crippen molar-refractivity contribution in [3.8, 4) is 11.5 Å². The van der Waals surface area contributed by atoms with Crippen LogP contribution in [0.2, 0.25) is 0 Å². The predicted molar refractivity (Wildman–Crippen MR) is 113 cm³/mol. The maximum atomic E-state index is 11.9. The first-order valence-corrected chi connectivity index (χ1v) is 9.83. The lowest BCUT2D eigenvalue weighted by atomic mass is 10.3. The summed E-state index contributed by atoms with van der Waals surface area (Å²) in [6.45, 7) is -0.191. The highest BCUT2D eigenvalue weighted by molar-refractivity contribution is 7.99. The Labute approximate surface area is 176 Å². The summed E-state index contributed by atoms with van der Waals surface area (Å²) in [5.74, 6) is 1.14. The largest absolute Gasteiger partial charge is 0.493 e. The SMILES string of the molecule is COc1ccccc1OCC(=O)NN=Cc1ccc(Sc2nc3ccccc3[nH]2)o1. The number of H-pyrrole nitrogens is 1. The number of furan rings is 1. The lowest BCUT2D eigenvalue weighted by Crippen LogP contribution is -2.24. The predicted octanol–water partition coefficient (Wildman–Crippen LogP) is 3.84. The number of hydrogen-bond acceptors (Lipinski definition) is 7. The maximum absolute atomic E-state index is 11.9. The fourth-order valence-corrected chi connectivity index (χ4v) is 3.38. The van der Waals surface area contributed by atoms with Crippen molar-refractivity contribution in [3.05, 3.63) is 66.4 Å². The smallest absolute Gasteiger partial charge is 0.277 e. The number of ether oxygens (including phenoxy) is 2. The summed E-state index contributed by atoms with van der Waals surface area (Å²) in [7, 11) is 1.54. The Morgan fingerprint density at radius 3 is 2.80 bits per heavy atom. The second-order valence-electron chi connectivity index (χ2n) is 6.05. The van der Waals surface area contributed by atoms with Gasteiger partial charge in [-0.2, -0.15) is 5.10 Å². The molecule has 0 spiro atoms. The summed E-state index contributed by atoms with van der Waals surface area (Å²) < 4.78 is 16.3. The normalized spacial score (nSPS) is 11.1. The van der Waals surface area contributed by atoms with Crippen molar-refractivity contribution >= 4 is 34.9 Å². The number of fused-ring (bicyclic) bond motifs is 1. The van der Waals surface area contributed by atoms with Crippen LogP contribution in [0.5, 0.6) is 11.5 Å². The molecule has 30 heavy (non-hydrogen) atoms. The Bertz CT molecular complexity index is 1150. The number of amides is 1. The molecule has 0 atom stereocenters. The molecular weight excluding hydrogens is 404 g/mol. The molecule has 9 heteroatoms. The molecule has 2 heterocycles. The van der Waals surface area contributed by atoms with Crippen LogP contribution in [0, 0.1) is 0 Å².